The van der Waals surface area contributed by atoms with Gasteiger partial charge < -0.3 is 9.40 Å². The maximum atomic E-state index is 11.9. The van der Waals surface area contributed by atoms with Crippen molar-refractivity contribution in [2.45, 2.75) is 6.42 Å². The number of para-hydroxylation sites is 2. The smallest absolute Gasteiger partial charge is 0.270 e. The Morgan fingerprint density at radius 2 is 2.05 bits per heavy atom. The molecule has 2 aromatic heterocycles. The van der Waals surface area contributed by atoms with Crippen molar-refractivity contribution in [3.63, 3.8) is 0 Å². The van der Waals surface area contributed by atoms with Gasteiger partial charge in [0.15, 0.2) is 5.76 Å². The highest BCUT2D eigenvalue weighted by atomic mass is 16.3. The summed E-state index contributed by atoms with van der Waals surface area (Å²) in [6.07, 6.45) is 1.35. The van der Waals surface area contributed by atoms with E-state index in [0.717, 1.165) is 0 Å². The highest BCUT2D eigenvalue weighted by Crippen LogP contribution is 2.08. The first-order valence-electron chi connectivity index (χ1n) is 5.79. The van der Waals surface area contributed by atoms with Gasteiger partial charge in [-0.3, -0.25) is 9.59 Å². The molecule has 19 heavy (non-hydrogen) atoms. The molecule has 0 radical (unpaired) electrons. The minimum absolute atomic E-state index is 0.0757. The number of rotatable bonds is 3. The molecule has 0 aliphatic rings. The van der Waals surface area contributed by atoms with Crippen molar-refractivity contribution >= 4 is 16.8 Å². The number of carbonyl (C=O) groups excluding carboxylic acids is 1. The zero-order valence-corrected chi connectivity index (χ0v) is 9.92. The van der Waals surface area contributed by atoms with Crippen LogP contribution < -0.4 is 5.56 Å². The normalized spacial score (nSPS) is 10.7. The number of nitrogens with one attached hydrogen (secondary N) is 1. The number of furan rings is 1. The third-order valence-corrected chi connectivity index (χ3v) is 2.79. The molecule has 0 bridgehead atoms. The van der Waals surface area contributed by atoms with Gasteiger partial charge in [-0.15, -0.1) is 0 Å². The van der Waals surface area contributed by atoms with Crippen LogP contribution in [-0.4, -0.2) is 15.8 Å². The topological polar surface area (TPSA) is 76.0 Å². The maximum absolute atomic E-state index is 11.9. The summed E-state index contributed by atoms with van der Waals surface area (Å²) in [4.78, 5) is 30.6. The third-order valence-electron chi connectivity index (χ3n) is 2.79. The molecule has 1 aromatic carbocycles. The van der Waals surface area contributed by atoms with Gasteiger partial charge in [0.1, 0.15) is 5.69 Å². The van der Waals surface area contributed by atoms with Crippen molar-refractivity contribution < 1.29 is 9.21 Å². The van der Waals surface area contributed by atoms with E-state index in [1.807, 2.05) is 12.1 Å². The molecule has 2 heterocycles. The van der Waals surface area contributed by atoms with Gasteiger partial charge in [0, 0.05) is 0 Å². The number of Topliss-reactive ketones (excluding diaryl/α,β-unsaturated/α-hetero) is 1. The lowest BCUT2D eigenvalue weighted by Crippen LogP contribution is -2.18. The summed E-state index contributed by atoms with van der Waals surface area (Å²) in [5, 5.41) is 0. The summed E-state index contributed by atoms with van der Waals surface area (Å²) in [7, 11) is 0. The number of aromatic amines is 1. The number of hydrogen-bond acceptors (Lipinski definition) is 4. The number of fused-ring (bicyclic) bond motifs is 1. The lowest BCUT2D eigenvalue weighted by Gasteiger charge is -2.01. The molecule has 0 amide bonds. The zero-order chi connectivity index (χ0) is 13.2. The monoisotopic (exact) mass is 254 g/mol. The number of nitrogens with zero attached hydrogens (tertiary/aromatic N) is 1. The molecule has 0 saturated carbocycles. The Labute approximate surface area is 107 Å². The van der Waals surface area contributed by atoms with Crippen LogP contribution in [-0.2, 0) is 6.42 Å². The number of benzene rings is 1. The molecular weight excluding hydrogens is 244 g/mol. The van der Waals surface area contributed by atoms with Gasteiger partial charge in [-0.05, 0) is 24.3 Å². The second-order valence-corrected chi connectivity index (χ2v) is 4.11. The molecule has 0 saturated heterocycles. The first-order chi connectivity index (χ1) is 9.24. The molecule has 0 spiro atoms. The van der Waals surface area contributed by atoms with Crippen molar-refractivity contribution in [3.8, 4) is 0 Å². The molecule has 0 unspecified atom stereocenters. The van der Waals surface area contributed by atoms with Gasteiger partial charge >= 0.3 is 0 Å². The minimum Gasteiger partial charge on any atom is -0.461 e. The summed E-state index contributed by atoms with van der Waals surface area (Å²) < 4.78 is 5.01. The Balaban J connectivity index is 1.99. The fourth-order valence-electron chi connectivity index (χ4n) is 1.86. The Kier molecular flexibility index (Phi) is 2.72. The Bertz CT molecular complexity index is 788. The quantitative estimate of drug-likeness (QED) is 0.725. The number of hydrogen-bond donors (Lipinski definition) is 1. The molecule has 0 atom stereocenters. The molecular formula is C14H10N2O3. The molecule has 3 aromatic rings. The van der Waals surface area contributed by atoms with Crippen LogP contribution in [0.1, 0.15) is 16.2 Å². The first kappa shape index (κ1) is 11.4. The van der Waals surface area contributed by atoms with Crippen molar-refractivity contribution in [2.75, 3.05) is 0 Å². The molecule has 0 aliphatic carbocycles. The number of ketones is 1. The summed E-state index contributed by atoms with van der Waals surface area (Å²) in [5.41, 5.74) is 1.16. The van der Waals surface area contributed by atoms with Crippen molar-refractivity contribution in [3.05, 3.63) is 64.5 Å². The van der Waals surface area contributed by atoms with E-state index in [0.29, 0.717) is 11.0 Å². The summed E-state index contributed by atoms with van der Waals surface area (Å²) in [6.45, 7) is 0. The summed E-state index contributed by atoms with van der Waals surface area (Å²) in [5.74, 6) is -0.0346. The number of aromatic nitrogens is 2. The van der Waals surface area contributed by atoms with Gasteiger partial charge in [-0.2, -0.15) is 0 Å². The average Bonchev–Trinajstić information content (AvgIpc) is 2.93. The van der Waals surface area contributed by atoms with Crippen LogP contribution in [0.25, 0.3) is 11.0 Å². The second kappa shape index (κ2) is 4.53. The fraction of sp³-hybridized carbons (Fsp3) is 0.0714. The molecule has 5 heteroatoms. The first-order valence-corrected chi connectivity index (χ1v) is 5.79. The van der Waals surface area contributed by atoms with Crippen molar-refractivity contribution in [1.29, 1.82) is 0 Å². The largest absolute Gasteiger partial charge is 0.461 e. The molecule has 0 fully saturated rings. The van der Waals surface area contributed by atoms with Gasteiger partial charge in [0.05, 0.1) is 23.7 Å². The minimum atomic E-state index is -0.349. The van der Waals surface area contributed by atoms with E-state index >= 15 is 0 Å². The van der Waals surface area contributed by atoms with E-state index in [-0.39, 0.29) is 29.2 Å². The average molecular weight is 254 g/mol. The van der Waals surface area contributed by atoms with Crippen LogP contribution in [0, 0.1) is 0 Å². The Morgan fingerprint density at radius 1 is 1.21 bits per heavy atom. The zero-order valence-electron chi connectivity index (χ0n) is 9.92. The molecule has 5 nitrogen and oxygen atoms in total. The lowest BCUT2D eigenvalue weighted by atomic mass is 10.2. The molecule has 3 rings (SSSR count). The van der Waals surface area contributed by atoms with Crippen LogP contribution in [0.4, 0.5) is 0 Å². The highest BCUT2D eigenvalue weighted by molar-refractivity contribution is 5.94. The van der Waals surface area contributed by atoms with Gasteiger partial charge in [0.25, 0.3) is 5.56 Å². The van der Waals surface area contributed by atoms with Crippen LogP contribution in [0.5, 0.6) is 0 Å². The van der Waals surface area contributed by atoms with E-state index < -0.39 is 0 Å². The van der Waals surface area contributed by atoms with E-state index in [1.165, 1.54) is 6.26 Å². The standard InChI is InChI=1S/C14H10N2O3/c17-12(13-6-3-7-19-13)8-11-14(18)16-10-5-2-1-4-9(10)15-11/h1-7H,8H2,(H,16,18). The van der Waals surface area contributed by atoms with E-state index in [2.05, 4.69) is 9.97 Å². The fourth-order valence-corrected chi connectivity index (χ4v) is 1.86. The summed E-state index contributed by atoms with van der Waals surface area (Å²) in [6, 6.07) is 10.4. The van der Waals surface area contributed by atoms with Gasteiger partial charge in [0.2, 0.25) is 5.78 Å². The van der Waals surface area contributed by atoms with Crippen LogP contribution in [0.2, 0.25) is 0 Å². The van der Waals surface area contributed by atoms with E-state index in [1.54, 1.807) is 24.3 Å². The molecule has 0 aliphatic heterocycles. The molecule has 1 N–H and O–H groups in total. The Morgan fingerprint density at radius 3 is 2.84 bits per heavy atom. The maximum Gasteiger partial charge on any atom is 0.270 e. The van der Waals surface area contributed by atoms with E-state index in [4.69, 9.17) is 4.42 Å². The summed E-state index contributed by atoms with van der Waals surface area (Å²) >= 11 is 0. The SMILES string of the molecule is O=C(Cc1nc2ccccc2[nH]c1=O)c1ccco1. The van der Waals surface area contributed by atoms with Crippen LogP contribution in [0.3, 0.4) is 0 Å². The van der Waals surface area contributed by atoms with Crippen molar-refractivity contribution in [2.24, 2.45) is 0 Å². The third kappa shape index (κ3) is 2.18. The number of carbonyl (C=O) groups is 1. The van der Waals surface area contributed by atoms with Gasteiger partial charge in [-0.1, -0.05) is 12.1 Å². The highest BCUT2D eigenvalue weighted by Gasteiger charge is 2.14. The van der Waals surface area contributed by atoms with Crippen LogP contribution in [0.15, 0.2) is 51.9 Å². The lowest BCUT2D eigenvalue weighted by molar-refractivity contribution is 0.0965. The number of H-pyrrole nitrogens is 1. The molecule has 94 valence electrons. The van der Waals surface area contributed by atoms with E-state index in [9.17, 15) is 9.59 Å². The van der Waals surface area contributed by atoms with Crippen molar-refractivity contribution in [1.82, 2.24) is 9.97 Å². The Hall–Kier alpha value is -2.69. The van der Waals surface area contributed by atoms with Crippen LogP contribution >= 0.6 is 0 Å². The second-order valence-electron chi connectivity index (χ2n) is 4.11. The predicted molar refractivity (Wildman–Crippen MR) is 69.1 cm³/mol. The predicted octanol–water partition coefficient (Wildman–Crippen LogP) is 1.94. The van der Waals surface area contributed by atoms with Gasteiger partial charge in [-0.25, -0.2) is 4.98 Å².